The number of carbonyl (C=O) groups is 1. The lowest BCUT2D eigenvalue weighted by Gasteiger charge is -2.29. The Morgan fingerprint density at radius 2 is 0.898 bits per heavy atom. The third-order valence-electron chi connectivity index (χ3n) is 12.5. The maximum atomic E-state index is 11.4. The Bertz CT molecular complexity index is 1060. The quantitative estimate of drug-likeness (QED) is 0.0285. The van der Waals surface area contributed by atoms with Crippen LogP contribution in [0.25, 0.3) is 0 Å². The van der Waals surface area contributed by atoms with E-state index in [1.807, 2.05) is 0 Å². The first kappa shape index (κ1) is 55.6. The van der Waals surface area contributed by atoms with Gasteiger partial charge in [-0.15, -0.1) is 0 Å². The molecule has 1 aliphatic rings. The molecule has 6 heteroatoms. The van der Waals surface area contributed by atoms with Crippen LogP contribution < -0.4 is 17.0 Å². The number of pyridine rings is 1. The standard InChI is InChI=1S/C53H96NO4.ClH/c1-4-5-6-7-8-9-10-11-12-13-14-15-16-19-22-25-28-31-34-37-40-50-47-57-53(58-48-50)51-41-44-54(45-42-51)43-38-35-32-29-26-23-20-17-18-21-24-27-30-33-36-39-46-56-52(55)49(2)3;/h41-42,44-45,50,53H,2,4-40,43,46-48H2,1,3H3;1H/q+1;/p-1. The van der Waals surface area contributed by atoms with Crippen molar-refractivity contribution in [2.45, 2.75) is 264 Å². The summed E-state index contributed by atoms with van der Waals surface area (Å²) in [6.45, 7) is 10.9. The van der Waals surface area contributed by atoms with Gasteiger partial charge in [-0.05, 0) is 26.2 Å². The molecule has 0 N–H and O–H groups in total. The van der Waals surface area contributed by atoms with Gasteiger partial charge in [-0.25, -0.2) is 9.36 Å². The lowest BCUT2D eigenvalue weighted by molar-refractivity contribution is -0.697. The van der Waals surface area contributed by atoms with Crippen molar-refractivity contribution in [2.75, 3.05) is 19.8 Å². The molecule has 59 heavy (non-hydrogen) atoms. The predicted octanol–water partition coefficient (Wildman–Crippen LogP) is 13.2. The summed E-state index contributed by atoms with van der Waals surface area (Å²) in [5.41, 5.74) is 1.64. The molecule has 1 aromatic rings. The Morgan fingerprint density at radius 3 is 1.27 bits per heavy atom. The van der Waals surface area contributed by atoms with Gasteiger partial charge in [-0.2, -0.15) is 0 Å². The van der Waals surface area contributed by atoms with Crippen LogP contribution in [-0.4, -0.2) is 25.8 Å². The number of ether oxygens (including phenoxy) is 3. The van der Waals surface area contributed by atoms with Crippen molar-refractivity contribution in [1.29, 1.82) is 0 Å². The van der Waals surface area contributed by atoms with Crippen molar-refractivity contribution in [3.8, 4) is 0 Å². The minimum Gasteiger partial charge on any atom is -1.00 e. The number of carbonyl (C=O) groups excluding carboxylic acids is 1. The molecular weight excluding hydrogens is 750 g/mol. The zero-order valence-electron chi connectivity index (χ0n) is 39.1. The molecular formula is C53H96ClNO4. The van der Waals surface area contributed by atoms with Crippen LogP contribution in [0.3, 0.4) is 0 Å². The van der Waals surface area contributed by atoms with E-state index in [0.29, 0.717) is 18.1 Å². The van der Waals surface area contributed by atoms with Crippen LogP contribution in [0.1, 0.15) is 263 Å². The summed E-state index contributed by atoms with van der Waals surface area (Å²) < 4.78 is 19.8. The molecule has 2 heterocycles. The molecule has 1 aliphatic heterocycles. The average Bonchev–Trinajstić information content (AvgIpc) is 3.24. The molecule has 0 atom stereocenters. The number of aryl methyl sites for hydroxylation is 1. The molecule has 0 saturated carbocycles. The molecule has 0 amide bonds. The van der Waals surface area contributed by atoms with Crippen molar-refractivity contribution >= 4 is 5.97 Å². The number of hydrogen-bond donors (Lipinski definition) is 0. The molecule has 1 aromatic heterocycles. The highest BCUT2D eigenvalue weighted by Crippen LogP contribution is 2.27. The number of halogens is 1. The summed E-state index contributed by atoms with van der Waals surface area (Å²) in [5.74, 6) is 0.295. The highest BCUT2D eigenvalue weighted by Gasteiger charge is 2.24. The average molecular weight is 847 g/mol. The molecule has 0 bridgehead atoms. The minimum absolute atomic E-state index is 0. The summed E-state index contributed by atoms with van der Waals surface area (Å²) in [6, 6.07) is 4.39. The van der Waals surface area contributed by atoms with Crippen molar-refractivity contribution in [3.63, 3.8) is 0 Å². The molecule has 0 unspecified atom stereocenters. The van der Waals surface area contributed by atoms with Gasteiger partial charge in [0.15, 0.2) is 18.7 Å². The van der Waals surface area contributed by atoms with E-state index in [0.717, 1.165) is 38.2 Å². The lowest BCUT2D eigenvalue weighted by Crippen LogP contribution is -3.00. The van der Waals surface area contributed by atoms with Gasteiger partial charge in [0.25, 0.3) is 0 Å². The fourth-order valence-corrected chi connectivity index (χ4v) is 8.52. The van der Waals surface area contributed by atoms with E-state index in [2.05, 4.69) is 42.6 Å². The fraction of sp³-hybridized carbons (Fsp3) is 0.849. The summed E-state index contributed by atoms with van der Waals surface area (Å²) in [5, 5.41) is 0. The first-order valence-corrected chi connectivity index (χ1v) is 25.6. The van der Waals surface area contributed by atoms with Crippen LogP contribution in [0.15, 0.2) is 36.7 Å². The van der Waals surface area contributed by atoms with Gasteiger partial charge in [0.2, 0.25) is 0 Å². The topological polar surface area (TPSA) is 48.6 Å². The summed E-state index contributed by atoms with van der Waals surface area (Å²) in [6.07, 6.45) is 55.3. The van der Waals surface area contributed by atoms with Gasteiger partial charge in [0, 0.05) is 35.6 Å². The molecule has 1 fully saturated rings. The Morgan fingerprint density at radius 1 is 0.559 bits per heavy atom. The van der Waals surface area contributed by atoms with Crippen LogP contribution in [0.5, 0.6) is 0 Å². The van der Waals surface area contributed by atoms with Gasteiger partial charge in [0.05, 0.1) is 19.8 Å². The summed E-state index contributed by atoms with van der Waals surface area (Å²) in [7, 11) is 0. The van der Waals surface area contributed by atoms with E-state index in [4.69, 9.17) is 14.2 Å². The second-order valence-corrected chi connectivity index (χ2v) is 18.3. The zero-order valence-corrected chi connectivity index (χ0v) is 39.9. The van der Waals surface area contributed by atoms with Crippen molar-refractivity contribution < 1.29 is 36.0 Å². The van der Waals surface area contributed by atoms with Gasteiger partial charge >= 0.3 is 5.97 Å². The fourth-order valence-electron chi connectivity index (χ4n) is 8.52. The van der Waals surface area contributed by atoms with Crippen LogP contribution >= 0.6 is 0 Å². The largest absolute Gasteiger partial charge is 1.00 e. The van der Waals surface area contributed by atoms with Crippen LogP contribution in [0, 0.1) is 5.92 Å². The Hall–Kier alpha value is -1.43. The highest BCUT2D eigenvalue weighted by atomic mass is 35.5. The predicted molar refractivity (Wildman–Crippen MR) is 247 cm³/mol. The number of nitrogens with zero attached hydrogens (tertiary/aromatic N) is 1. The van der Waals surface area contributed by atoms with Gasteiger partial charge in [-0.1, -0.05) is 225 Å². The van der Waals surface area contributed by atoms with Crippen molar-refractivity contribution in [3.05, 3.63) is 42.2 Å². The number of esters is 1. The van der Waals surface area contributed by atoms with E-state index in [9.17, 15) is 4.79 Å². The summed E-state index contributed by atoms with van der Waals surface area (Å²) >= 11 is 0. The van der Waals surface area contributed by atoms with Gasteiger partial charge in [0.1, 0.15) is 6.54 Å². The zero-order chi connectivity index (χ0) is 41.4. The smallest absolute Gasteiger partial charge is 0.333 e. The molecule has 5 nitrogen and oxygen atoms in total. The SMILES string of the molecule is C=C(C)C(=O)OCCCCCCCCCCCCCCCCCC[n+]1ccc(C2OCC(CCCCCCCCCCCCCCCCCCCCCC)CO2)cc1.[Cl-]. The lowest BCUT2D eigenvalue weighted by atomic mass is 10.00. The molecule has 0 spiro atoms. The highest BCUT2D eigenvalue weighted by molar-refractivity contribution is 5.86. The van der Waals surface area contributed by atoms with Gasteiger partial charge in [-0.3, -0.25) is 0 Å². The van der Waals surface area contributed by atoms with E-state index >= 15 is 0 Å². The van der Waals surface area contributed by atoms with E-state index in [1.54, 1.807) is 6.92 Å². The molecule has 1 saturated heterocycles. The van der Waals surface area contributed by atoms with Gasteiger partial charge < -0.3 is 26.6 Å². The number of aromatic nitrogens is 1. The van der Waals surface area contributed by atoms with Crippen molar-refractivity contribution in [2.24, 2.45) is 5.92 Å². The summed E-state index contributed by atoms with van der Waals surface area (Å²) in [4.78, 5) is 11.4. The van der Waals surface area contributed by atoms with Crippen LogP contribution in [0.4, 0.5) is 0 Å². The molecule has 344 valence electrons. The Labute approximate surface area is 372 Å². The van der Waals surface area contributed by atoms with Crippen molar-refractivity contribution in [1.82, 2.24) is 0 Å². The minimum atomic E-state index is -0.258. The molecule has 0 aromatic carbocycles. The molecule has 0 radical (unpaired) electrons. The number of rotatable bonds is 42. The first-order valence-electron chi connectivity index (χ1n) is 25.6. The molecule has 0 aliphatic carbocycles. The second kappa shape index (κ2) is 41.9. The van der Waals surface area contributed by atoms with E-state index in [-0.39, 0.29) is 24.7 Å². The Kier molecular flexibility index (Phi) is 39.5. The van der Waals surface area contributed by atoms with E-state index in [1.165, 1.54) is 225 Å². The second-order valence-electron chi connectivity index (χ2n) is 18.3. The molecule has 2 rings (SSSR count). The third-order valence-corrected chi connectivity index (χ3v) is 12.5. The monoisotopic (exact) mass is 846 g/mol. The maximum Gasteiger partial charge on any atom is 0.333 e. The Balaban J connectivity index is 0.0000174. The maximum absolute atomic E-state index is 11.4. The third kappa shape index (κ3) is 33.8. The van der Waals surface area contributed by atoms with Crippen LogP contribution in [-0.2, 0) is 25.5 Å². The normalized spacial score (nSPS) is 15.3. The first-order chi connectivity index (χ1) is 28.6. The number of hydrogen-bond acceptors (Lipinski definition) is 4. The number of unbranched alkanes of at least 4 members (excludes halogenated alkanes) is 34. The van der Waals surface area contributed by atoms with Crippen LogP contribution in [0.2, 0.25) is 0 Å². The van der Waals surface area contributed by atoms with E-state index < -0.39 is 0 Å².